The third-order valence-corrected chi connectivity index (χ3v) is 3.85. The van der Waals surface area contributed by atoms with Crippen LogP contribution >= 0.6 is 0 Å². The highest BCUT2D eigenvalue weighted by atomic mass is 16.4. The molecule has 0 aliphatic heterocycles. The molecule has 0 bridgehead atoms. The zero-order valence-electron chi connectivity index (χ0n) is 10.8. The standard InChI is InChI=1S/C15H20O3/c1-10-7-12(8-15(17)18)14(16)9-13(10)11-5-3-2-4-6-11/h7,9,11,16H,2-6,8H2,1H3,(H,17,18). The van der Waals surface area contributed by atoms with Crippen molar-refractivity contribution < 1.29 is 15.0 Å². The molecule has 2 N–H and O–H groups in total. The number of carbonyl (C=O) groups is 1. The predicted molar refractivity (Wildman–Crippen MR) is 70.0 cm³/mol. The molecule has 0 heterocycles. The van der Waals surface area contributed by atoms with Gasteiger partial charge in [-0.1, -0.05) is 25.3 Å². The molecule has 2 rings (SSSR count). The van der Waals surface area contributed by atoms with Gasteiger partial charge >= 0.3 is 5.97 Å². The van der Waals surface area contributed by atoms with Crippen molar-refractivity contribution in [2.24, 2.45) is 0 Å². The molecule has 0 atom stereocenters. The van der Waals surface area contributed by atoms with Crippen molar-refractivity contribution in [2.75, 3.05) is 0 Å². The number of phenols is 1. The monoisotopic (exact) mass is 248 g/mol. The second kappa shape index (κ2) is 5.42. The van der Waals surface area contributed by atoms with Gasteiger partial charge in [0, 0.05) is 5.56 Å². The number of carboxylic acid groups (broad SMARTS) is 1. The van der Waals surface area contributed by atoms with Gasteiger partial charge in [-0.3, -0.25) is 4.79 Å². The number of phenolic OH excluding ortho intramolecular Hbond substituents is 1. The van der Waals surface area contributed by atoms with E-state index in [2.05, 4.69) is 0 Å². The summed E-state index contributed by atoms with van der Waals surface area (Å²) in [6.07, 6.45) is 6.05. The predicted octanol–water partition coefficient (Wildman–Crippen LogP) is 3.38. The molecule has 18 heavy (non-hydrogen) atoms. The average Bonchev–Trinajstić information content (AvgIpc) is 2.34. The topological polar surface area (TPSA) is 57.5 Å². The maximum Gasteiger partial charge on any atom is 0.307 e. The van der Waals surface area contributed by atoms with Crippen LogP contribution in [0.1, 0.15) is 54.7 Å². The van der Waals surface area contributed by atoms with Crippen molar-refractivity contribution in [1.82, 2.24) is 0 Å². The summed E-state index contributed by atoms with van der Waals surface area (Å²) in [7, 11) is 0. The number of rotatable bonds is 3. The molecule has 0 radical (unpaired) electrons. The summed E-state index contributed by atoms with van der Waals surface area (Å²) in [4.78, 5) is 10.7. The van der Waals surface area contributed by atoms with Gasteiger partial charge in [-0.15, -0.1) is 0 Å². The van der Waals surface area contributed by atoms with Crippen LogP contribution in [-0.4, -0.2) is 16.2 Å². The molecule has 1 aliphatic carbocycles. The second-order valence-electron chi connectivity index (χ2n) is 5.24. The highest BCUT2D eigenvalue weighted by Gasteiger charge is 2.19. The lowest BCUT2D eigenvalue weighted by Crippen LogP contribution is -2.07. The zero-order chi connectivity index (χ0) is 13.1. The lowest BCUT2D eigenvalue weighted by atomic mass is 9.81. The molecule has 0 spiro atoms. The molecule has 1 aromatic rings. The minimum absolute atomic E-state index is 0.113. The van der Waals surface area contributed by atoms with E-state index in [0.717, 1.165) is 5.56 Å². The Hall–Kier alpha value is -1.51. The van der Waals surface area contributed by atoms with E-state index in [1.807, 2.05) is 13.0 Å². The molecule has 1 fully saturated rings. The van der Waals surface area contributed by atoms with E-state index in [9.17, 15) is 9.90 Å². The van der Waals surface area contributed by atoms with Crippen molar-refractivity contribution >= 4 is 5.97 Å². The molecule has 3 heteroatoms. The lowest BCUT2D eigenvalue weighted by Gasteiger charge is -2.24. The van der Waals surface area contributed by atoms with E-state index < -0.39 is 5.97 Å². The number of aromatic hydroxyl groups is 1. The van der Waals surface area contributed by atoms with E-state index in [0.29, 0.717) is 11.5 Å². The lowest BCUT2D eigenvalue weighted by molar-refractivity contribution is -0.136. The van der Waals surface area contributed by atoms with Gasteiger partial charge in [-0.2, -0.15) is 0 Å². The number of benzene rings is 1. The van der Waals surface area contributed by atoms with Crippen molar-refractivity contribution in [2.45, 2.75) is 51.4 Å². The van der Waals surface area contributed by atoms with Crippen molar-refractivity contribution in [3.63, 3.8) is 0 Å². The van der Waals surface area contributed by atoms with Crippen LogP contribution in [0.4, 0.5) is 0 Å². The molecule has 1 aliphatic rings. The Balaban J connectivity index is 2.26. The largest absolute Gasteiger partial charge is 0.508 e. The molecule has 0 saturated heterocycles. The number of aliphatic carboxylic acids is 1. The third kappa shape index (κ3) is 2.84. The minimum Gasteiger partial charge on any atom is -0.508 e. The molecule has 1 aromatic carbocycles. The molecule has 1 saturated carbocycles. The molecular weight excluding hydrogens is 228 g/mol. The highest BCUT2D eigenvalue weighted by molar-refractivity contribution is 5.71. The van der Waals surface area contributed by atoms with Crippen LogP contribution in [0.3, 0.4) is 0 Å². The summed E-state index contributed by atoms with van der Waals surface area (Å²) in [5, 5.41) is 18.7. The van der Waals surface area contributed by atoms with Gasteiger partial charge in [0.25, 0.3) is 0 Å². The SMILES string of the molecule is Cc1cc(CC(=O)O)c(O)cc1C1CCCCC1. The molecule has 0 aromatic heterocycles. The van der Waals surface area contributed by atoms with Gasteiger partial charge in [-0.25, -0.2) is 0 Å². The van der Waals surface area contributed by atoms with Crippen LogP contribution < -0.4 is 0 Å². The van der Waals surface area contributed by atoms with Crippen LogP contribution in [0.15, 0.2) is 12.1 Å². The molecule has 3 nitrogen and oxygen atoms in total. The molecule has 98 valence electrons. The van der Waals surface area contributed by atoms with E-state index in [1.165, 1.54) is 37.7 Å². The average molecular weight is 248 g/mol. The summed E-state index contributed by atoms with van der Waals surface area (Å²) < 4.78 is 0. The first-order valence-electron chi connectivity index (χ1n) is 6.62. The van der Waals surface area contributed by atoms with E-state index in [-0.39, 0.29) is 12.2 Å². The number of aryl methyl sites for hydroxylation is 1. The first-order valence-corrected chi connectivity index (χ1v) is 6.62. The van der Waals surface area contributed by atoms with Gasteiger partial charge in [0.15, 0.2) is 0 Å². The van der Waals surface area contributed by atoms with Crippen molar-refractivity contribution in [1.29, 1.82) is 0 Å². The molecule has 0 unspecified atom stereocenters. The van der Waals surface area contributed by atoms with E-state index in [4.69, 9.17) is 5.11 Å². The Morgan fingerprint density at radius 3 is 2.56 bits per heavy atom. The van der Waals surface area contributed by atoms with Gasteiger partial charge in [0.2, 0.25) is 0 Å². The van der Waals surface area contributed by atoms with E-state index >= 15 is 0 Å². The van der Waals surface area contributed by atoms with Gasteiger partial charge in [0.05, 0.1) is 6.42 Å². The van der Waals surface area contributed by atoms with Crippen molar-refractivity contribution in [3.8, 4) is 5.75 Å². The Labute approximate surface area is 107 Å². The Bertz CT molecular complexity index is 445. The quantitative estimate of drug-likeness (QED) is 0.862. The van der Waals surface area contributed by atoms with Crippen LogP contribution in [0.5, 0.6) is 5.75 Å². The normalized spacial score (nSPS) is 16.7. The molecule has 0 amide bonds. The maximum absolute atomic E-state index is 10.7. The third-order valence-electron chi connectivity index (χ3n) is 3.85. The van der Waals surface area contributed by atoms with Crippen LogP contribution in [0, 0.1) is 6.92 Å². The first kappa shape index (κ1) is 12.9. The minimum atomic E-state index is -0.907. The van der Waals surface area contributed by atoms with Gasteiger partial charge in [0.1, 0.15) is 5.75 Å². The number of carboxylic acids is 1. The zero-order valence-corrected chi connectivity index (χ0v) is 10.8. The van der Waals surface area contributed by atoms with Crippen LogP contribution in [-0.2, 0) is 11.2 Å². The fourth-order valence-electron chi connectivity index (χ4n) is 2.93. The fourth-order valence-corrected chi connectivity index (χ4v) is 2.93. The van der Waals surface area contributed by atoms with Gasteiger partial charge < -0.3 is 10.2 Å². The Morgan fingerprint density at radius 1 is 1.28 bits per heavy atom. The Kier molecular flexibility index (Phi) is 3.90. The smallest absolute Gasteiger partial charge is 0.307 e. The summed E-state index contributed by atoms with van der Waals surface area (Å²) in [5.74, 6) is -0.248. The highest BCUT2D eigenvalue weighted by Crippen LogP contribution is 2.36. The number of hydrogen-bond donors (Lipinski definition) is 2. The second-order valence-corrected chi connectivity index (χ2v) is 5.24. The van der Waals surface area contributed by atoms with Gasteiger partial charge in [-0.05, 0) is 42.9 Å². The van der Waals surface area contributed by atoms with E-state index in [1.54, 1.807) is 6.07 Å². The maximum atomic E-state index is 10.7. The van der Waals surface area contributed by atoms with Crippen LogP contribution in [0.25, 0.3) is 0 Å². The first-order chi connectivity index (χ1) is 8.58. The number of hydrogen-bond acceptors (Lipinski definition) is 2. The fraction of sp³-hybridized carbons (Fsp3) is 0.533. The molecular formula is C15H20O3. The summed E-state index contributed by atoms with van der Waals surface area (Å²) >= 11 is 0. The summed E-state index contributed by atoms with van der Waals surface area (Å²) in [6, 6.07) is 3.61. The summed E-state index contributed by atoms with van der Waals surface area (Å²) in [5.41, 5.74) is 2.82. The van der Waals surface area contributed by atoms with Crippen molar-refractivity contribution in [3.05, 3.63) is 28.8 Å². The Morgan fingerprint density at radius 2 is 1.94 bits per heavy atom. The van der Waals surface area contributed by atoms with Crippen LogP contribution in [0.2, 0.25) is 0 Å². The summed E-state index contributed by atoms with van der Waals surface area (Å²) in [6.45, 7) is 2.01.